The number of hydrogen-bond donors (Lipinski definition) is 0. The van der Waals surface area contributed by atoms with Crippen LogP contribution in [-0.2, 0) is 25.5 Å². The van der Waals surface area contributed by atoms with Crippen LogP contribution in [0.4, 0.5) is 0 Å². The van der Waals surface area contributed by atoms with E-state index in [-0.39, 0.29) is 11.7 Å². The molecule has 0 saturated carbocycles. The Bertz CT molecular complexity index is 606. The number of carbonyl (C=O) groups is 3. The van der Waals surface area contributed by atoms with Gasteiger partial charge in [0.25, 0.3) is 0 Å². The Kier molecular flexibility index (Phi) is 5.58. The number of esters is 1. The van der Waals surface area contributed by atoms with Gasteiger partial charge in [-0.2, -0.15) is 0 Å². The number of Topliss-reactive ketones (excluding diaryl/α,β-unsaturated/α-hetero) is 2. The Morgan fingerprint density at radius 2 is 1.78 bits per heavy atom. The van der Waals surface area contributed by atoms with Crippen LogP contribution in [0.15, 0.2) is 24.3 Å². The average Bonchev–Trinajstić information content (AvgIpc) is 2.74. The molecule has 1 aliphatic rings. The smallest absolute Gasteiger partial charge is 0.325 e. The van der Waals surface area contributed by atoms with Crippen molar-refractivity contribution in [3.8, 4) is 0 Å². The quantitative estimate of drug-likeness (QED) is 0.591. The SMILES string of the molecule is CC(C)CC1OC(=O)C(C(=O)C(C)Cc2ccc(Cl)cc2)C1=O. The van der Waals surface area contributed by atoms with E-state index in [1.165, 1.54) is 0 Å². The van der Waals surface area contributed by atoms with E-state index < -0.39 is 29.7 Å². The molecule has 0 bridgehead atoms. The molecular formula is C18H21ClO4. The summed E-state index contributed by atoms with van der Waals surface area (Å²) >= 11 is 5.84. The highest BCUT2D eigenvalue weighted by Gasteiger charge is 2.48. The summed E-state index contributed by atoms with van der Waals surface area (Å²) in [5.74, 6) is -2.93. The summed E-state index contributed by atoms with van der Waals surface area (Å²) in [7, 11) is 0. The van der Waals surface area contributed by atoms with Crippen LogP contribution in [0.3, 0.4) is 0 Å². The Labute approximate surface area is 141 Å². The molecule has 23 heavy (non-hydrogen) atoms. The van der Waals surface area contributed by atoms with Gasteiger partial charge in [-0.3, -0.25) is 14.4 Å². The summed E-state index contributed by atoms with van der Waals surface area (Å²) < 4.78 is 5.11. The van der Waals surface area contributed by atoms with Crippen LogP contribution in [0.5, 0.6) is 0 Å². The summed E-state index contributed by atoms with van der Waals surface area (Å²) in [5.41, 5.74) is 0.938. The molecule has 124 valence electrons. The lowest BCUT2D eigenvalue weighted by atomic mass is 9.86. The van der Waals surface area contributed by atoms with Crippen molar-refractivity contribution in [3.05, 3.63) is 34.9 Å². The maximum Gasteiger partial charge on any atom is 0.325 e. The Hall–Kier alpha value is -1.68. The van der Waals surface area contributed by atoms with Crippen molar-refractivity contribution >= 4 is 29.1 Å². The van der Waals surface area contributed by atoms with Gasteiger partial charge in [-0.1, -0.05) is 44.5 Å². The van der Waals surface area contributed by atoms with Crippen LogP contribution < -0.4 is 0 Å². The molecule has 4 nitrogen and oxygen atoms in total. The van der Waals surface area contributed by atoms with Crippen LogP contribution >= 0.6 is 11.6 Å². The lowest BCUT2D eigenvalue weighted by molar-refractivity contribution is -0.147. The minimum atomic E-state index is -1.26. The van der Waals surface area contributed by atoms with Gasteiger partial charge in [0.2, 0.25) is 0 Å². The highest BCUT2D eigenvalue weighted by molar-refractivity contribution is 6.30. The number of halogens is 1. The number of ketones is 2. The van der Waals surface area contributed by atoms with E-state index in [1.54, 1.807) is 19.1 Å². The summed E-state index contributed by atoms with van der Waals surface area (Å²) in [4.78, 5) is 36.8. The molecule has 3 unspecified atom stereocenters. The summed E-state index contributed by atoms with van der Waals surface area (Å²) in [6.07, 6.45) is 0.140. The van der Waals surface area contributed by atoms with Crippen LogP contribution in [0.25, 0.3) is 0 Å². The third-order valence-corrected chi connectivity index (χ3v) is 4.26. The third-order valence-electron chi connectivity index (χ3n) is 4.01. The van der Waals surface area contributed by atoms with E-state index in [1.807, 2.05) is 26.0 Å². The Morgan fingerprint density at radius 1 is 1.17 bits per heavy atom. The van der Waals surface area contributed by atoms with E-state index in [2.05, 4.69) is 0 Å². The van der Waals surface area contributed by atoms with Crippen molar-refractivity contribution in [2.24, 2.45) is 17.8 Å². The first-order chi connectivity index (χ1) is 10.8. The molecule has 0 aliphatic carbocycles. The fourth-order valence-corrected chi connectivity index (χ4v) is 2.90. The predicted molar refractivity (Wildman–Crippen MR) is 87.2 cm³/mol. The molecule has 1 fully saturated rings. The molecule has 5 heteroatoms. The van der Waals surface area contributed by atoms with Gasteiger partial charge >= 0.3 is 5.97 Å². The number of rotatable bonds is 6. The number of benzene rings is 1. The summed E-state index contributed by atoms with van der Waals surface area (Å²) in [5, 5.41) is 0.624. The van der Waals surface area contributed by atoms with Crippen molar-refractivity contribution in [2.75, 3.05) is 0 Å². The van der Waals surface area contributed by atoms with Crippen LogP contribution in [0.2, 0.25) is 5.02 Å². The highest BCUT2D eigenvalue weighted by Crippen LogP contribution is 2.26. The zero-order chi connectivity index (χ0) is 17.1. The molecule has 0 aromatic heterocycles. The van der Waals surface area contributed by atoms with Gasteiger partial charge in [-0.25, -0.2) is 0 Å². The Morgan fingerprint density at radius 3 is 2.35 bits per heavy atom. The van der Waals surface area contributed by atoms with Gasteiger partial charge in [0.05, 0.1) is 0 Å². The second kappa shape index (κ2) is 7.26. The fourth-order valence-electron chi connectivity index (χ4n) is 2.78. The van der Waals surface area contributed by atoms with Gasteiger partial charge < -0.3 is 4.74 Å². The minimum Gasteiger partial charge on any atom is -0.453 e. The summed E-state index contributed by atoms with van der Waals surface area (Å²) in [6.45, 7) is 5.62. The molecular weight excluding hydrogens is 316 g/mol. The molecule has 2 rings (SSSR count). The molecule has 1 aliphatic heterocycles. The normalized spacial score (nSPS) is 22.3. The maximum atomic E-state index is 12.5. The number of carbonyl (C=O) groups excluding carboxylic acids is 3. The fraction of sp³-hybridized carbons (Fsp3) is 0.500. The van der Waals surface area contributed by atoms with Crippen molar-refractivity contribution in [1.29, 1.82) is 0 Å². The van der Waals surface area contributed by atoms with E-state index in [0.717, 1.165) is 5.56 Å². The van der Waals surface area contributed by atoms with Crippen molar-refractivity contribution in [1.82, 2.24) is 0 Å². The first kappa shape index (κ1) is 17.7. The van der Waals surface area contributed by atoms with Gasteiger partial charge in [0, 0.05) is 10.9 Å². The van der Waals surface area contributed by atoms with Crippen LogP contribution in [0, 0.1) is 17.8 Å². The van der Waals surface area contributed by atoms with E-state index >= 15 is 0 Å². The van der Waals surface area contributed by atoms with E-state index in [4.69, 9.17) is 16.3 Å². The molecule has 1 aromatic rings. The largest absolute Gasteiger partial charge is 0.453 e. The van der Waals surface area contributed by atoms with Crippen LogP contribution in [0.1, 0.15) is 32.8 Å². The van der Waals surface area contributed by atoms with Crippen molar-refractivity contribution < 1.29 is 19.1 Å². The van der Waals surface area contributed by atoms with Gasteiger partial charge in [0.1, 0.15) is 0 Å². The standard InChI is InChI=1S/C18H21ClO4/c1-10(2)8-14-17(21)15(18(22)23-14)16(20)11(3)9-12-4-6-13(19)7-5-12/h4-7,10-11,14-15H,8-9H2,1-3H3. The average molecular weight is 337 g/mol. The third kappa shape index (κ3) is 4.20. The number of cyclic esters (lactones) is 1. The maximum absolute atomic E-state index is 12.5. The topological polar surface area (TPSA) is 60.4 Å². The lowest BCUT2D eigenvalue weighted by Gasteiger charge is -2.13. The molecule has 1 heterocycles. The molecule has 0 amide bonds. The minimum absolute atomic E-state index is 0.220. The van der Waals surface area contributed by atoms with Gasteiger partial charge in [-0.05, 0) is 36.5 Å². The molecule has 0 radical (unpaired) electrons. The zero-order valence-electron chi connectivity index (χ0n) is 13.5. The van der Waals surface area contributed by atoms with Crippen LogP contribution in [-0.4, -0.2) is 23.6 Å². The predicted octanol–water partition coefficient (Wildman–Crippen LogP) is 3.24. The molecule has 3 atom stereocenters. The number of ether oxygens (including phenoxy) is 1. The van der Waals surface area contributed by atoms with E-state index in [0.29, 0.717) is 17.9 Å². The molecule has 0 N–H and O–H groups in total. The lowest BCUT2D eigenvalue weighted by Crippen LogP contribution is -2.33. The monoisotopic (exact) mass is 336 g/mol. The zero-order valence-corrected chi connectivity index (χ0v) is 14.3. The number of hydrogen-bond acceptors (Lipinski definition) is 4. The van der Waals surface area contributed by atoms with Crippen molar-refractivity contribution in [3.63, 3.8) is 0 Å². The van der Waals surface area contributed by atoms with Crippen molar-refractivity contribution in [2.45, 2.75) is 39.7 Å². The highest BCUT2D eigenvalue weighted by atomic mass is 35.5. The Balaban J connectivity index is 2.05. The first-order valence-electron chi connectivity index (χ1n) is 7.82. The summed E-state index contributed by atoms with van der Waals surface area (Å²) in [6, 6.07) is 7.18. The first-order valence-corrected chi connectivity index (χ1v) is 8.19. The molecule has 1 aromatic carbocycles. The van der Waals surface area contributed by atoms with Gasteiger partial charge in [0.15, 0.2) is 23.6 Å². The van der Waals surface area contributed by atoms with Gasteiger partial charge in [-0.15, -0.1) is 0 Å². The second-order valence-corrected chi connectivity index (χ2v) is 6.96. The van der Waals surface area contributed by atoms with E-state index in [9.17, 15) is 14.4 Å². The molecule has 1 saturated heterocycles. The second-order valence-electron chi connectivity index (χ2n) is 6.52. The molecule has 0 spiro atoms.